The first kappa shape index (κ1) is 17.5. The van der Waals surface area contributed by atoms with Gasteiger partial charge in [-0.1, -0.05) is 12.8 Å². The van der Waals surface area contributed by atoms with Crippen molar-refractivity contribution in [1.29, 1.82) is 0 Å². The Morgan fingerprint density at radius 1 is 1.10 bits per heavy atom. The monoisotopic (exact) mass is 298 g/mol. The van der Waals surface area contributed by atoms with Gasteiger partial charge in [-0.25, -0.2) is 0 Å². The molecule has 5 nitrogen and oxygen atoms in total. The van der Waals surface area contributed by atoms with E-state index in [9.17, 15) is 9.59 Å². The van der Waals surface area contributed by atoms with Crippen molar-refractivity contribution in [1.82, 2.24) is 0 Å². The van der Waals surface area contributed by atoms with Crippen molar-refractivity contribution in [3.8, 4) is 0 Å². The van der Waals surface area contributed by atoms with Gasteiger partial charge in [0.25, 0.3) is 0 Å². The molecule has 0 aromatic rings. The molecular weight excluding hydrogens is 272 g/mol. The lowest BCUT2D eigenvalue weighted by atomic mass is 9.79. The Balaban J connectivity index is 2.20. The molecule has 2 atom stereocenters. The van der Waals surface area contributed by atoms with Crippen LogP contribution in [0.15, 0.2) is 11.8 Å². The average Bonchev–Trinajstić information content (AvgIpc) is 2.45. The van der Waals surface area contributed by atoms with Crippen molar-refractivity contribution < 1.29 is 24.2 Å². The fraction of sp³-hybridized carbons (Fsp3) is 0.750. The summed E-state index contributed by atoms with van der Waals surface area (Å²) >= 11 is 0. The van der Waals surface area contributed by atoms with Crippen molar-refractivity contribution in [3.63, 3.8) is 0 Å². The highest BCUT2D eigenvalue weighted by Crippen LogP contribution is 2.31. The predicted molar refractivity (Wildman–Crippen MR) is 78.7 cm³/mol. The highest BCUT2D eigenvalue weighted by Gasteiger charge is 2.36. The quantitative estimate of drug-likeness (QED) is 0.423. The number of carbonyl (C=O) groups is 2. The largest absolute Gasteiger partial charge is 0.501 e. The second-order valence-electron chi connectivity index (χ2n) is 5.78. The summed E-state index contributed by atoms with van der Waals surface area (Å²) in [5.74, 6) is -2.29. The zero-order valence-electron chi connectivity index (χ0n) is 13.0. The molecule has 1 aliphatic carbocycles. The lowest BCUT2D eigenvalue weighted by molar-refractivity contribution is -0.159. The molecule has 0 spiro atoms. The van der Waals surface area contributed by atoms with E-state index in [1.54, 1.807) is 6.26 Å². The van der Waals surface area contributed by atoms with Crippen LogP contribution in [0.1, 0.15) is 52.4 Å². The van der Waals surface area contributed by atoms with Crippen LogP contribution >= 0.6 is 0 Å². The molecule has 5 heteroatoms. The van der Waals surface area contributed by atoms with Gasteiger partial charge in [0.2, 0.25) is 0 Å². The molecule has 0 amide bonds. The van der Waals surface area contributed by atoms with Gasteiger partial charge in [0, 0.05) is 0 Å². The second-order valence-corrected chi connectivity index (χ2v) is 5.78. The Morgan fingerprint density at radius 3 is 2.33 bits per heavy atom. The maximum Gasteiger partial charge on any atom is 0.309 e. The van der Waals surface area contributed by atoms with Crippen LogP contribution < -0.4 is 0 Å². The Kier molecular flexibility index (Phi) is 7.87. The number of hydrogen-bond donors (Lipinski definition) is 1. The molecule has 1 rings (SSSR count). The number of carboxylic acid groups (broad SMARTS) is 1. The van der Waals surface area contributed by atoms with Crippen molar-refractivity contribution in [2.75, 3.05) is 13.2 Å². The van der Waals surface area contributed by atoms with Gasteiger partial charge >= 0.3 is 11.9 Å². The minimum absolute atomic E-state index is 0.333. The summed E-state index contributed by atoms with van der Waals surface area (Å²) in [6.45, 7) is 4.86. The smallest absolute Gasteiger partial charge is 0.309 e. The molecule has 0 heterocycles. The number of carbonyl (C=O) groups excluding carboxylic acids is 1. The Hall–Kier alpha value is -1.52. The molecule has 0 aromatic carbocycles. The molecule has 0 aromatic heterocycles. The van der Waals surface area contributed by atoms with Crippen LogP contribution in [-0.4, -0.2) is 30.3 Å². The highest BCUT2D eigenvalue weighted by atomic mass is 16.5. The van der Waals surface area contributed by atoms with Crippen LogP contribution in [-0.2, 0) is 19.1 Å². The van der Waals surface area contributed by atoms with Gasteiger partial charge in [-0.2, -0.15) is 0 Å². The molecule has 1 fully saturated rings. The van der Waals surface area contributed by atoms with Crippen molar-refractivity contribution in [3.05, 3.63) is 11.8 Å². The van der Waals surface area contributed by atoms with Gasteiger partial charge in [0.1, 0.15) is 0 Å². The number of unbranched alkanes of at least 4 members (excludes halogenated alkanes) is 1. The summed E-state index contributed by atoms with van der Waals surface area (Å²) in [5.41, 5.74) is 1.11. The highest BCUT2D eigenvalue weighted by molar-refractivity contribution is 5.81. The van der Waals surface area contributed by atoms with Gasteiger partial charge in [0.05, 0.1) is 31.3 Å². The van der Waals surface area contributed by atoms with E-state index in [0.29, 0.717) is 26.1 Å². The maximum atomic E-state index is 12.0. The number of allylic oxidation sites excluding steroid dienone is 1. The van der Waals surface area contributed by atoms with E-state index < -0.39 is 17.8 Å². The summed E-state index contributed by atoms with van der Waals surface area (Å²) in [4.78, 5) is 23.1. The number of rotatable bonds is 8. The van der Waals surface area contributed by atoms with Gasteiger partial charge < -0.3 is 14.6 Å². The lowest BCUT2D eigenvalue weighted by Gasteiger charge is -2.26. The molecule has 0 bridgehead atoms. The first-order valence-electron chi connectivity index (χ1n) is 7.66. The van der Waals surface area contributed by atoms with Crippen LogP contribution in [0.25, 0.3) is 0 Å². The lowest BCUT2D eigenvalue weighted by Crippen LogP contribution is -2.34. The number of esters is 1. The minimum atomic E-state index is -0.883. The molecule has 1 saturated carbocycles. The van der Waals surface area contributed by atoms with Crippen LogP contribution in [0.3, 0.4) is 0 Å². The zero-order chi connectivity index (χ0) is 15.7. The van der Waals surface area contributed by atoms with Crippen LogP contribution in [0.4, 0.5) is 0 Å². The normalized spacial score (nSPS) is 21.4. The average molecular weight is 298 g/mol. The van der Waals surface area contributed by atoms with Crippen LogP contribution in [0, 0.1) is 11.8 Å². The van der Waals surface area contributed by atoms with E-state index in [0.717, 1.165) is 31.3 Å². The number of ether oxygens (including phenoxy) is 2. The molecule has 2 unspecified atom stereocenters. The zero-order valence-corrected chi connectivity index (χ0v) is 13.0. The molecule has 0 saturated heterocycles. The molecule has 0 radical (unpaired) electrons. The first-order chi connectivity index (χ1) is 10.0. The molecule has 1 N–H and O–H groups in total. The minimum Gasteiger partial charge on any atom is -0.501 e. The van der Waals surface area contributed by atoms with E-state index in [2.05, 4.69) is 0 Å². The standard InChI is InChI=1S/C16H26O5/c1-12(2)11-20-9-5-6-10-21-16(19)14-8-4-3-7-13(14)15(17)18/h11,13-14H,3-10H2,1-2H3,(H,17,18). The fourth-order valence-corrected chi connectivity index (χ4v) is 2.50. The summed E-state index contributed by atoms with van der Waals surface area (Å²) in [6.07, 6.45) is 6.23. The van der Waals surface area contributed by atoms with Gasteiger partial charge in [-0.05, 0) is 45.1 Å². The third-order valence-corrected chi connectivity index (χ3v) is 3.61. The second kappa shape index (κ2) is 9.42. The van der Waals surface area contributed by atoms with E-state index in [1.165, 1.54) is 0 Å². The summed E-state index contributed by atoms with van der Waals surface area (Å²) in [5, 5.41) is 9.14. The first-order valence-corrected chi connectivity index (χ1v) is 7.66. The Bertz CT molecular complexity index is 371. The van der Waals surface area contributed by atoms with Crippen molar-refractivity contribution >= 4 is 11.9 Å². The van der Waals surface area contributed by atoms with E-state index in [4.69, 9.17) is 14.6 Å². The summed E-state index contributed by atoms with van der Waals surface area (Å²) in [6, 6.07) is 0. The van der Waals surface area contributed by atoms with E-state index in [-0.39, 0.29) is 5.97 Å². The third kappa shape index (κ3) is 6.65. The maximum absolute atomic E-state index is 12.0. The predicted octanol–water partition coefficient (Wildman–Crippen LogP) is 3.14. The molecule has 21 heavy (non-hydrogen) atoms. The molecular formula is C16H26O5. The van der Waals surface area contributed by atoms with Crippen LogP contribution in [0.5, 0.6) is 0 Å². The topological polar surface area (TPSA) is 72.8 Å². The Labute approximate surface area is 126 Å². The number of carboxylic acids is 1. The van der Waals surface area contributed by atoms with Crippen LogP contribution in [0.2, 0.25) is 0 Å². The fourth-order valence-electron chi connectivity index (χ4n) is 2.50. The SMILES string of the molecule is CC(C)=COCCCCOC(=O)C1CCCCC1C(=O)O. The van der Waals surface area contributed by atoms with Crippen molar-refractivity contribution in [2.45, 2.75) is 52.4 Å². The van der Waals surface area contributed by atoms with E-state index in [1.807, 2.05) is 13.8 Å². The molecule has 0 aliphatic heterocycles. The summed E-state index contributed by atoms with van der Waals surface area (Å²) in [7, 11) is 0. The Morgan fingerprint density at radius 2 is 1.71 bits per heavy atom. The van der Waals surface area contributed by atoms with Crippen molar-refractivity contribution in [2.24, 2.45) is 11.8 Å². The number of aliphatic carboxylic acids is 1. The van der Waals surface area contributed by atoms with Gasteiger partial charge in [0.15, 0.2) is 0 Å². The molecule has 1 aliphatic rings. The van der Waals surface area contributed by atoms with Gasteiger partial charge in [-0.15, -0.1) is 0 Å². The summed E-state index contributed by atoms with van der Waals surface area (Å²) < 4.78 is 10.5. The van der Waals surface area contributed by atoms with E-state index >= 15 is 0 Å². The third-order valence-electron chi connectivity index (χ3n) is 3.61. The molecule has 120 valence electrons. The number of hydrogen-bond acceptors (Lipinski definition) is 4. The van der Waals surface area contributed by atoms with Gasteiger partial charge in [-0.3, -0.25) is 9.59 Å².